The van der Waals surface area contributed by atoms with E-state index in [-0.39, 0.29) is 11.2 Å². The van der Waals surface area contributed by atoms with Crippen molar-refractivity contribution in [3.63, 3.8) is 0 Å². The van der Waals surface area contributed by atoms with E-state index in [2.05, 4.69) is 37.1 Å². The lowest BCUT2D eigenvalue weighted by molar-refractivity contribution is 0.199. The zero-order chi connectivity index (χ0) is 16.4. The smallest absolute Gasteiger partial charge is 0.299 e. The molecule has 0 amide bonds. The van der Waals surface area contributed by atoms with Crippen molar-refractivity contribution in [3.05, 3.63) is 54.5 Å². The highest BCUT2D eigenvalue weighted by atomic mass is 32.1. The SMILES string of the molecule is Cc1ccsc1CN(Cc1cc(=O)n(C)c(=O)n1C)C(C)C. The summed E-state index contributed by atoms with van der Waals surface area (Å²) in [5, 5.41) is 2.09. The summed E-state index contributed by atoms with van der Waals surface area (Å²) in [6.07, 6.45) is 0. The van der Waals surface area contributed by atoms with Crippen LogP contribution in [-0.4, -0.2) is 20.1 Å². The number of aryl methyl sites for hydroxylation is 1. The maximum Gasteiger partial charge on any atom is 0.330 e. The second kappa shape index (κ2) is 6.62. The molecule has 0 atom stereocenters. The molecule has 5 nitrogen and oxygen atoms in total. The Kier molecular flexibility index (Phi) is 5.03. The molecule has 0 saturated carbocycles. The van der Waals surface area contributed by atoms with Crippen LogP contribution in [-0.2, 0) is 27.2 Å². The number of thiophene rings is 1. The Morgan fingerprint density at radius 3 is 2.41 bits per heavy atom. The maximum absolute atomic E-state index is 12.0. The van der Waals surface area contributed by atoms with Gasteiger partial charge in [-0.25, -0.2) is 4.79 Å². The van der Waals surface area contributed by atoms with Crippen molar-refractivity contribution < 1.29 is 0 Å². The van der Waals surface area contributed by atoms with E-state index in [0.29, 0.717) is 12.6 Å². The molecule has 22 heavy (non-hydrogen) atoms. The number of hydrogen-bond donors (Lipinski definition) is 0. The van der Waals surface area contributed by atoms with Crippen LogP contribution in [0.2, 0.25) is 0 Å². The molecule has 2 rings (SSSR count). The van der Waals surface area contributed by atoms with Crippen molar-refractivity contribution in [2.24, 2.45) is 14.1 Å². The molecule has 0 bridgehead atoms. The summed E-state index contributed by atoms with van der Waals surface area (Å²) in [5.41, 5.74) is 1.50. The van der Waals surface area contributed by atoms with Crippen LogP contribution in [0.3, 0.4) is 0 Å². The zero-order valence-corrected chi connectivity index (χ0v) is 14.6. The van der Waals surface area contributed by atoms with Crippen molar-refractivity contribution in [1.82, 2.24) is 14.0 Å². The Balaban J connectivity index is 2.31. The third-order valence-electron chi connectivity index (χ3n) is 4.04. The maximum atomic E-state index is 12.0. The van der Waals surface area contributed by atoms with Gasteiger partial charge in [-0.1, -0.05) is 0 Å². The van der Waals surface area contributed by atoms with E-state index < -0.39 is 0 Å². The first-order valence-electron chi connectivity index (χ1n) is 7.34. The predicted molar refractivity (Wildman–Crippen MR) is 90.4 cm³/mol. The summed E-state index contributed by atoms with van der Waals surface area (Å²) < 4.78 is 2.69. The Hall–Kier alpha value is -1.66. The minimum Gasteiger partial charge on any atom is -0.299 e. The lowest BCUT2D eigenvalue weighted by Crippen LogP contribution is -2.40. The molecule has 0 aromatic carbocycles. The van der Waals surface area contributed by atoms with E-state index in [4.69, 9.17) is 0 Å². The second-order valence-corrected chi connectivity index (χ2v) is 6.90. The quantitative estimate of drug-likeness (QED) is 0.844. The molecular formula is C16H23N3O2S. The van der Waals surface area contributed by atoms with E-state index in [1.54, 1.807) is 29.0 Å². The van der Waals surface area contributed by atoms with Gasteiger partial charge in [0.05, 0.1) is 0 Å². The molecule has 2 heterocycles. The fourth-order valence-corrected chi connectivity index (χ4v) is 3.24. The number of rotatable bonds is 5. The van der Waals surface area contributed by atoms with Crippen LogP contribution < -0.4 is 11.2 Å². The normalized spacial score (nSPS) is 11.6. The lowest BCUT2D eigenvalue weighted by Gasteiger charge is -2.27. The molecule has 120 valence electrons. The molecule has 0 saturated heterocycles. The standard InChI is InChI=1S/C16H23N3O2S/c1-11(2)19(10-14-12(3)6-7-22-14)9-13-8-15(20)18(5)16(21)17(13)4/h6-8,11H,9-10H2,1-5H3. The molecule has 0 spiro atoms. The Labute approximate surface area is 134 Å². The van der Waals surface area contributed by atoms with Gasteiger partial charge in [0.1, 0.15) is 0 Å². The molecule has 0 N–H and O–H groups in total. The molecule has 0 radical (unpaired) electrons. The average Bonchev–Trinajstić information content (AvgIpc) is 2.86. The van der Waals surface area contributed by atoms with Gasteiger partial charge in [-0.05, 0) is 37.8 Å². The monoisotopic (exact) mass is 321 g/mol. The molecule has 2 aromatic rings. The third-order valence-corrected chi connectivity index (χ3v) is 5.04. The van der Waals surface area contributed by atoms with Crippen molar-refractivity contribution in [1.29, 1.82) is 0 Å². The van der Waals surface area contributed by atoms with Crippen LogP contribution in [0, 0.1) is 6.92 Å². The van der Waals surface area contributed by atoms with Gasteiger partial charge in [-0.3, -0.25) is 18.8 Å². The molecule has 0 fully saturated rings. The fourth-order valence-electron chi connectivity index (χ4n) is 2.31. The van der Waals surface area contributed by atoms with Crippen LogP contribution in [0.4, 0.5) is 0 Å². The molecular weight excluding hydrogens is 298 g/mol. The van der Waals surface area contributed by atoms with Crippen molar-refractivity contribution in [2.45, 2.75) is 39.9 Å². The Morgan fingerprint density at radius 2 is 1.86 bits per heavy atom. The third kappa shape index (κ3) is 3.39. The first kappa shape index (κ1) is 16.7. The van der Waals surface area contributed by atoms with Crippen LogP contribution in [0.25, 0.3) is 0 Å². The van der Waals surface area contributed by atoms with Crippen LogP contribution in [0.1, 0.15) is 30.0 Å². The Bertz CT molecular complexity index is 770. The van der Waals surface area contributed by atoms with E-state index in [1.807, 2.05) is 0 Å². The summed E-state index contributed by atoms with van der Waals surface area (Å²) in [6.45, 7) is 7.77. The van der Waals surface area contributed by atoms with Crippen LogP contribution in [0.5, 0.6) is 0 Å². The number of aromatic nitrogens is 2. The van der Waals surface area contributed by atoms with E-state index in [1.165, 1.54) is 17.5 Å². The van der Waals surface area contributed by atoms with Crippen LogP contribution in [0.15, 0.2) is 27.1 Å². The van der Waals surface area contributed by atoms with Gasteiger partial charge < -0.3 is 0 Å². The van der Waals surface area contributed by atoms with E-state index >= 15 is 0 Å². The van der Waals surface area contributed by atoms with Crippen molar-refractivity contribution in [2.75, 3.05) is 0 Å². The number of nitrogens with zero attached hydrogens (tertiary/aromatic N) is 3. The fraction of sp³-hybridized carbons (Fsp3) is 0.500. The van der Waals surface area contributed by atoms with Gasteiger partial charge in [0.2, 0.25) is 0 Å². The minimum absolute atomic E-state index is 0.255. The van der Waals surface area contributed by atoms with E-state index in [9.17, 15) is 9.59 Å². The Morgan fingerprint density at radius 1 is 1.18 bits per heavy atom. The average molecular weight is 321 g/mol. The van der Waals surface area contributed by atoms with Gasteiger partial charge in [0.25, 0.3) is 5.56 Å². The van der Waals surface area contributed by atoms with Crippen molar-refractivity contribution in [3.8, 4) is 0 Å². The largest absolute Gasteiger partial charge is 0.330 e. The molecule has 0 aliphatic carbocycles. The molecule has 0 aliphatic rings. The van der Waals surface area contributed by atoms with E-state index in [0.717, 1.165) is 16.8 Å². The second-order valence-electron chi connectivity index (χ2n) is 5.90. The topological polar surface area (TPSA) is 47.2 Å². The van der Waals surface area contributed by atoms with Gasteiger partial charge in [-0.15, -0.1) is 11.3 Å². The molecule has 2 aromatic heterocycles. The number of hydrogen-bond acceptors (Lipinski definition) is 4. The predicted octanol–water partition coefficient (Wildman–Crippen LogP) is 1.86. The van der Waals surface area contributed by atoms with Gasteiger partial charge in [-0.2, -0.15) is 0 Å². The first-order valence-corrected chi connectivity index (χ1v) is 8.22. The zero-order valence-electron chi connectivity index (χ0n) is 13.8. The summed E-state index contributed by atoms with van der Waals surface area (Å²) >= 11 is 1.74. The van der Waals surface area contributed by atoms with Gasteiger partial charge in [0, 0.05) is 49.9 Å². The summed E-state index contributed by atoms with van der Waals surface area (Å²) in [7, 11) is 3.22. The highest BCUT2D eigenvalue weighted by molar-refractivity contribution is 7.10. The summed E-state index contributed by atoms with van der Waals surface area (Å²) in [5.74, 6) is 0. The van der Waals surface area contributed by atoms with Crippen LogP contribution >= 0.6 is 11.3 Å². The lowest BCUT2D eigenvalue weighted by atomic mass is 10.2. The highest BCUT2D eigenvalue weighted by Gasteiger charge is 2.16. The van der Waals surface area contributed by atoms with Gasteiger partial charge in [0.15, 0.2) is 0 Å². The van der Waals surface area contributed by atoms with Crippen molar-refractivity contribution >= 4 is 11.3 Å². The summed E-state index contributed by atoms with van der Waals surface area (Å²) in [4.78, 5) is 27.5. The first-order chi connectivity index (χ1) is 10.3. The van der Waals surface area contributed by atoms with Gasteiger partial charge >= 0.3 is 5.69 Å². The minimum atomic E-state index is -0.279. The highest BCUT2D eigenvalue weighted by Crippen LogP contribution is 2.20. The molecule has 0 unspecified atom stereocenters. The molecule has 0 aliphatic heterocycles. The molecule has 6 heteroatoms. The summed E-state index contributed by atoms with van der Waals surface area (Å²) in [6, 6.07) is 3.99.